The molecule has 3 rings (SSSR count). The molecule has 138 valence electrons. The summed E-state index contributed by atoms with van der Waals surface area (Å²) in [5.74, 6) is 0.0620. The number of rotatable bonds is 5. The molecule has 3 aromatic rings. The SMILES string of the molecule is Cc1ccc(NC(=O)CSc2[nH+]c(N)c(C#N)c(-c3cccs3)c2C#N)cc1. The van der Waals surface area contributed by atoms with Gasteiger partial charge in [-0.1, -0.05) is 35.5 Å². The maximum Gasteiger partial charge on any atom is 0.289 e. The molecule has 0 saturated carbocycles. The number of aromatic nitrogens is 1. The van der Waals surface area contributed by atoms with Gasteiger partial charge in [0.1, 0.15) is 17.7 Å². The number of nitrogen functional groups attached to an aromatic ring is 1. The standard InChI is InChI=1S/C20H15N5OS2/c1-12-4-6-13(7-5-12)24-17(26)11-28-20-15(10-22)18(16-3-2-8-27-16)14(9-21)19(23)25-20/h2-8H,11H2,1H3,(H2,23,25)(H,24,26)/p+1. The number of anilines is 2. The number of hydrogen-bond donors (Lipinski definition) is 2. The van der Waals surface area contributed by atoms with Crippen LogP contribution in [0.3, 0.4) is 0 Å². The van der Waals surface area contributed by atoms with Crippen LogP contribution >= 0.6 is 23.1 Å². The fourth-order valence-electron chi connectivity index (χ4n) is 2.59. The van der Waals surface area contributed by atoms with Crippen LogP contribution in [-0.4, -0.2) is 11.7 Å². The molecular weight excluding hydrogens is 390 g/mol. The summed E-state index contributed by atoms with van der Waals surface area (Å²) in [6.07, 6.45) is 0. The summed E-state index contributed by atoms with van der Waals surface area (Å²) in [5, 5.41) is 24.3. The minimum atomic E-state index is -0.202. The molecule has 4 N–H and O–H groups in total. The van der Waals surface area contributed by atoms with Gasteiger partial charge in [0.2, 0.25) is 5.91 Å². The maximum atomic E-state index is 12.3. The Morgan fingerprint density at radius 2 is 1.93 bits per heavy atom. The predicted octanol–water partition coefficient (Wildman–Crippen LogP) is 3.59. The second-order valence-electron chi connectivity index (χ2n) is 5.90. The number of nitriles is 2. The van der Waals surface area contributed by atoms with E-state index in [1.54, 1.807) is 0 Å². The van der Waals surface area contributed by atoms with Gasteiger partial charge in [-0.05, 0) is 30.5 Å². The largest absolute Gasteiger partial charge is 0.325 e. The first-order valence-corrected chi connectivity index (χ1v) is 10.1. The van der Waals surface area contributed by atoms with Gasteiger partial charge >= 0.3 is 0 Å². The Morgan fingerprint density at radius 1 is 1.21 bits per heavy atom. The molecule has 2 aromatic heterocycles. The van der Waals surface area contributed by atoms with Crippen LogP contribution in [0.2, 0.25) is 0 Å². The number of aromatic amines is 1. The van der Waals surface area contributed by atoms with Gasteiger partial charge in [-0.25, -0.2) is 4.98 Å². The molecule has 28 heavy (non-hydrogen) atoms. The average Bonchev–Trinajstić information content (AvgIpc) is 3.22. The Balaban J connectivity index is 1.86. The number of thioether (sulfide) groups is 1. The Kier molecular flexibility index (Phi) is 5.95. The van der Waals surface area contributed by atoms with Crippen LogP contribution in [0.15, 0.2) is 46.8 Å². The highest BCUT2D eigenvalue weighted by Crippen LogP contribution is 2.35. The third-order valence-electron chi connectivity index (χ3n) is 3.92. The number of carbonyl (C=O) groups is 1. The number of amides is 1. The van der Waals surface area contributed by atoms with Crippen molar-refractivity contribution < 1.29 is 9.78 Å². The van der Waals surface area contributed by atoms with E-state index in [2.05, 4.69) is 22.4 Å². The number of carbonyl (C=O) groups excluding carboxylic acids is 1. The summed E-state index contributed by atoms with van der Waals surface area (Å²) >= 11 is 2.59. The zero-order chi connectivity index (χ0) is 20.1. The monoisotopic (exact) mass is 406 g/mol. The molecule has 0 saturated heterocycles. The van der Waals surface area contributed by atoms with Gasteiger partial charge in [0.05, 0.1) is 5.75 Å². The molecule has 0 spiro atoms. The molecule has 0 fully saturated rings. The summed E-state index contributed by atoms with van der Waals surface area (Å²) in [4.78, 5) is 16.0. The number of benzene rings is 1. The highest BCUT2D eigenvalue weighted by Gasteiger charge is 2.24. The van der Waals surface area contributed by atoms with Crippen molar-refractivity contribution in [3.05, 3.63) is 58.5 Å². The Hall–Kier alpha value is -3.33. The topological polar surface area (TPSA) is 117 Å². The molecule has 0 aliphatic heterocycles. The third kappa shape index (κ3) is 4.15. The van der Waals surface area contributed by atoms with E-state index in [-0.39, 0.29) is 23.0 Å². The van der Waals surface area contributed by atoms with Gasteiger partial charge in [0, 0.05) is 16.1 Å². The minimum Gasteiger partial charge on any atom is -0.325 e. The Labute approximate surface area is 170 Å². The zero-order valence-electron chi connectivity index (χ0n) is 14.9. The number of nitrogens with one attached hydrogen (secondary N) is 2. The van der Waals surface area contributed by atoms with Gasteiger partial charge in [-0.2, -0.15) is 10.5 Å². The third-order valence-corrected chi connectivity index (χ3v) is 5.81. The lowest BCUT2D eigenvalue weighted by Gasteiger charge is -2.09. The van der Waals surface area contributed by atoms with Gasteiger partial charge in [0.25, 0.3) is 5.82 Å². The highest BCUT2D eigenvalue weighted by molar-refractivity contribution is 7.99. The molecular formula is C20H16N5OS2+. The Bertz CT molecular complexity index is 1090. The van der Waals surface area contributed by atoms with Crippen LogP contribution in [0.4, 0.5) is 11.5 Å². The van der Waals surface area contributed by atoms with Gasteiger partial charge in [0.15, 0.2) is 10.6 Å². The van der Waals surface area contributed by atoms with Crippen LogP contribution in [0, 0.1) is 29.6 Å². The molecule has 0 aliphatic rings. The van der Waals surface area contributed by atoms with Crippen molar-refractivity contribution >= 4 is 40.5 Å². The normalized spacial score (nSPS) is 10.1. The van der Waals surface area contributed by atoms with Crippen LogP contribution in [0.5, 0.6) is 0 Å². The minimum absolute atomic E-state index is 0.0915. The van der Waals surface area contributed by atoms with Crippen molar-refractivity contribution in [1.29, 1.82) is 10.5 Å². The number of nitrogens with two attached hydrogens (primary N) is 1. The molecule has 0 radical (unpaired) electrons. The average molecular weight is 407 g/mol. The van der Waals surface area contributed by atoms with E-state index in [9.17, 15) is 15.3 Å². The molecule has 0 aliphatic carbocycles. The first-order valence-electron chi connectivity index (χ1n) is 8.25. The fraction of sp³-hybridized carbons (Fsp3) is 0.100. The lowest BCUT2D eigenvalue weighted by molar-refractivity contribution is -0.410. The van der Waals surface area contributed by atoms with Crippen molar-refractivity contribution in [2.75, 3.05) is 16.8 Å². The molecule has 0 bridgehead atoms. The second-order valence-corrected chi connectivity index (χ2v) is 7.83. The van der Waals surface area contributed by atoms with E-state index < -0.39 is 0 Å². The second kappa shape index (κ2) is 8.57. The van der Waals surface area contributed by atoms with E-state index in [4.69, 9.17) is 5.73 Å². The van der Waals surface area contributed by atoms with Crippen LogP contribution in [-0.2, 0) is 4.79 Å². The van der Waals surface area contributed by atoms with E-state index in [1.807, 2.05) is 48.7 Å². The van der Waals surface area contributed by atoms with Gasteiger partial charge in [-0.15, -0.1) is 11.3 Å². The number of H-pyrrole nitrogens is 1. The van der Waals surface area contributed by atoms with Crippen molar-refractivity contribution in [2.24, 2.45) is 0 Å². The van der Waals surface area contributed by atoms with Crippen molar-refractivity contribution in [2.45, 2.75) is 11.9 Å². The van der Waals surface area contributed by atoms with Crippen molar-refractivity contribution in [3.63, 3.8) is 0 Å². The summed E-state index contributed by atoms with van der Waals surface area (Å²) in [6.45, 7) is 1.97. The smallest absolute Gasteiger partial charge is 0.289 e. The Morgan fingerprint density at radius 3 is 2.54 bits per heavy atom. The molecule has 8 heteroatoms. The number of nitrogens with zero attached hydrogens (tertiary/aromatic N) is 2. The highest BCUT2D eigenvalue weighted by atomic mass is 32.2. The predicted molar refractivity (Wildman–Crippen MR) is 111 cm³/mol. The number of aryl methyl sites for hydroxylation is 1. The lowest BCUT2D eigenvalue weighted by Crippen LogP contribution is -2.20. The number of pyridine rings is 1. The molecule has 0 atom stereocenters. The van der Waals surface area contributed by atoms with E-state index in [0.717, 1.165) is 10.4 Å². The first kappa shape index (κ1) is 19.4. The molecule has 0 unspecified atom stereocenters. The maximum absolute atomic E-state index is 12.3. The van der Waals surface area contributed by atoms with Crippen LogP contribution in [0.1, 0.15) is 16.7 Å². The fourth-order valence-corrected chi connectivity index (χ4v) is 4.20. The van der Waals surface area contributed by atoms with Crippen molar-refractivity contribution in [1.82, 2.24) is 0 Å². The zero-order valence-corrected chi connectivity index (χ0v) is 16.6. The summed E-state index contributed by atoms with van der Waals surface area (Å²) in [5.41, 5.74) is 8.86. The summed E-state index contributed by atoms with van der Waals surface area (Å²) in [6, 6.07) is 15.4. The molecule has 1 aromatic carbocycles. The van der Waals surface area contributed by atoms with Crippen molar-refractivity contribution in [3.8, 4) is 22.6 Å². The molecule has 1 amide bonds. The van der Waals surface area contributed by atoms with Gasteiger partial charge in [-0.3, -0.25) is 10.5 Å². The summed E-state index contributed by atoms with van der Waals surface area (Å²) in [7, 11) is 0. The number of hydrogen-bond acceptors (Lipinski definition) is 6. The van der Waals surface area contributed by atoms with E-state index in [0.29, 0.717) is 21.8 Å². The molecule has 2 heterocycles. The lowest BCUT2D eigenvalue weighted by atomic mass is 10.0. The number of thiophene rings is 1. The van der Waals surface area contributed by atoms with Crippen LogP contribution < -0.4 is 16.0 Å². The quantitative estimate of drug-likeness (QED) is 0.628. The van der Waals surface area contributed by atoms with E-state index >= 15 is 0 Å². The van der Waals surface area contributed by atoms with Gasteiger partial charge < -0.3 is 5.32 Å². The molecule has 6 nitrogen and oxygen atoms in total. The first-order chi connectivity index (χ1) is 13.5. The summed E-state index contributed by atoms with van der Waals surface area (Å²) < 4.78 is 0. The van der Waals surface area contributed by atoms with Crippen LogP contribution in [0.25, 0.3) is 10.4 Å². The van der Waals surface area contributed by atoms with E-state index in [1.165, 1.54) is 23.1 Å².